The zero-order valence-electron chi connectivity index (χ0n) is 14.7. The Morgan fingerprint density at radius 3 is 2.12 bits per heavy atom. The third-order valence-electron chi connectivity index (χ3n) is 3.71. The third kappa shape index (κ3) is 4.97. The standard InChI is InChI=1S/C19H21NO5/c1-12-5-6-15(7-13(12)2)20-18(21)11-25-19(22)14-8-16(23-3)10-17(9-14)24-4/h5-10H,11H2,1-4H3,(H,20,21). The van der Waals surface area contributed by atoms with E-state index < -0.39 is 11.9 Å². The number of hydrogen-bond donors (Lipinski definition) is 1. The molecule has 0 heterocycles. The minimum atomic E-state index is -0.632. The van der Waals surface area contributed by atoms with Crippen LogP contribution in [0.3, 0.4) is 0 Å². The lowest BCUT2D eigenvalue weighted by Crippen LogP contribution is -2.21. The van der Waals surface area contributed by atoms with Crippen LogP contribution >= 0.6 is 0 Å². The van der Waals surface area contributed by atoms with Crippen molar-refractivity contribution in [2.75, 3.05) is 26.1 Å². The zero-order chi connectivity index (χ0) is 18.4. The van der Waals surface area contributed by atoms with Crippen LogP contribution in [0.15, 0.2) is 36.4 Å². The predicted octanol–water partition coefficient (Wildman–Crippen LogP) is 3.12. The molecular formula is C19H21NO5. The van der Waals surface area contributed by atoms with Crippen LogP contribution in [-0.4, -0.2) is 32.7 Å². The molecule has 0 aliphatic rings. The molecule has 2 rings (SSSR count). The van der Waals surface area contributed by atoms with Gasteiger partial charge in [0.1, 0.15) is 11.5 Å². The van der Waals surface area contributed by atoms with Gasteiger partial charge in [-0.1, -0.05) is 6.07 Å². The Labute approximate surface area is 146 Å². The number of nitrogens with one attached hydrogen (secondary N) is 1. The average Bonchev–Trinajstić information content (AvgIpc) is 2.62. The van der Waals surface area contributed by atoms with Gasteiger partial charge in [-0.2, -0.15) is 0 Å². The molecule has 1 N–H and O–H groups in total. The second-order valence-electron chi connectivity index (χ2n) is 5.52. The van der Waals surface area contributed by atoms with Crippen molar-refractivity contribution < 1.29 is 23.8 Å². The minimum Gasteiger partial charge on any atom is -0.497 e. The number of aryl methyl sites for hydroxylation is 2. The van der Waals surface area contributed by atoms with Crippen LogP contribution in [-0.2, 0) is 9.53 Å². The summed E-state index contributed by atoms with van der Waals surface area (Å²) in [6, 6.07) is 10.3. The smallest absolute Gasteiger partial charge is 0.338 e. The highest BCUT2D eigenvalue weighted by atomic mass is 16.5. The van der Waals surface area contributed by atoms with E-state index in [-0.39, 0.29) is 12.2 Å². The first kappa shape index (κ1) is 18.3. The number of esters is 1. The van der Waals surface area contributed by atoms with Gasteiger partial charge in [0.25, 0.3) is 5.91 Å². The molecule has 1 amide bonds. The Morgan fingerprint density at radius 2 is 1.56 bits per heavy atom. The first-order chi connectivity index (χ1) is 11.9. The largest absolute Gasteiger partial charge is 0.497 e. The Kier molecular flexibility index (Phi) is 6.00. The Morgan fingerprint density at radius 1 is 0.920 bits per heavy atom. The number of amides is 1. The highest BCUT2D eigenvalue weighted by Crippen LogP contribution is 2.23. The number of methoxy groups -OCH3 is 2. The fraction of sp³-hybridized carbons (Fsp3) is 0.263. The second-order valence-corrected chi connectivity index (χ2v) is 5.52. The van der Waals surface area contributed by atoms with Gasteiger partial charge < -0.3 is 19.5 Å². The Balaban J connectivity index is 1.97. The zero-order valence-corrected chi connectivity index (χ0v) is 14.7. The molecule has 25 heavy (non-hydrogen) atoms. The normalized spacial score (nSPS) is 10.1. The molecule has 0 unspecified atom stereocenters. The van der Waals surface area contributed by atoms with Crippen molar-refractivity contribution in [1.29, 1.82) is 0 Å². The predicted molar refractivity (Wildman–Crippen MR) is 94.4 cm³/mol. The lowest BCUT2D eigenvalue weighted by Gasteiger charge is -2.10. The van der Waals surface area contributed by atoms with Crippen LogP contribution in [0.25, 0.3) is 0 Å². The molecule has 0 saturated carbocycles. The first-order valence-corrected chi connectivity index (χ1v) is 7.70. The summed E-state index contributed by atoms with van der Waals surface area (Å²) < 4.78 is 15.3. The molecule has 132 valence electrons. The van der Waals surface area contributed by atoms with E-state index in [1.165, 1.54) is 26.4 Å². The van der Waals surface area contributed by atoms with Gasteiger partial charge in [0.05, 0.1) is 19.8 Å². The number of hydrogen-bond acceptors (Lipinski definition) is 5. The van der Waals surface area contributed by atoms with E-state index in [4.69, 9.17) is 14.2 Å². The number of anilines is 1. The molecule has 6 heteroatoms. The van der Waals surface area contributed by atoms with E-state index in [9.17, 15) is 9.59 Å². The Hall–Kier alpha value is -3.02. The maximum atomic E-state index is 12.1. The van der Waals surface area contributed by atoms with E-state index in [2.05, 4.69) is 5.32 Å². The molecule has 0 radical (unpaired) electrons. The monoisotopic (exact) mass is 343 g/mol. The number of carbonyl (C=O) groups is 2. The van der Waals surface area contributed by atoms with Gasteiger partial charge in [0.2, 0.25) is 0 Å². The molecule has 6 nitrogen and oxygen atoms in total. The van der Waals surface area contributed by atoms with Crippen LogP contribution in [0.5, 0.6) is 11.5 Å². The molecule has 0 aromatic heterocycles. The molecule has 0 bridgehead atoms. The van der Waals surface area contributed by atoms with E-state index >= 15 is 0 Å². The summed E-state index contributed by atoms with van der Waals surface area (Å²) in [5, 5.41) is 2.70. The second kappa shape index (κ2) is 8.19. The SMILES string of the molecule is COc1cc(OC)cc(C(=O)OCC(=O)Nc2ccc(C)c(C)c2)c1. The van der Waals surface area contributed by atoms with Gasteiger partial charge in [-0.15, -0.1) is 0 Å². The molecule has 0 aliphatic heterocycles. The molecule has 0 fully saturated rings. The maximum Gasteiger partial charge on any atom is 0.338 e. The number of rotatable bonds is 6. The van der Waals surface area contributed by atoms with Crippen LogP contribution in [0.4, 0.5) is 5.69 Å². The van der Waals surface area contributed by atoms with Crippen LogP contribution in [0, 0.1) is 13.8 Å². The van der Waals surface area contributed by atoms with Crippen molar-refractivity contribution in [2.24, 2.45) is 0 Å². The molecule has 0 spiro atoms. The van der Waals surface area contributed by atoms with Gasteiger partial charge in [0.15, 0.2) is 6.61 Å². The maximum absolute atomic E-state index is 12.1. The molecule has 0 atom stereocenters. The van der Waals surface area contributed by atoms with Gasteiger partial charge >= 0.3 is 5.97 Å². The number of carbonyl (C=O) groups excluding carboxylic acids is 2. The van der Waals surface area contributed by atoms with Gasteiger partial charge in [0, 0.05) is 11.8 Å². The summed E-state index contributed by atoms with van der Waals surface area (Å²) in [4.78, 5) is 24.1. The summed E-state index contributed by atoms with van der Waals surface area (Å²) in [7, 11) is 2.97. The van der Waals surface area contributed by atoms with Crippen molar-refractivity contribution in [3.63, 3.8) is 0 Å². The summed E-state index contributed by atoms with van der Waals surface area (Å²) in [6.45, 7) is 3.57. The highest BCUT2D eigenvalue weighted by Gasteiger charge is 2.13. The molecule has 0 saturated heterocycles. The lowest BCUT2D eigenvalue weighted by atomic mass is 10.1. The summed E-state index contributed by atoms with van der Waals surface area (Å²) >= 11 is 0. The highest BCUT2D eigenvalue weighted by molar-refractivity contribution is 5.95. The van der Waals surface area contributed by atoms with E-state index in [0.29, 0.717) is 17.2 Å². The first-order valence-electron chi connectivity index (χ1n) is 7.70. The van der Waals surface area contributed by atoms with Crippen molar-refractivity contribution >= 4 is 17.6 Å². The number of benzene rings is 2. The van der Waals surface area contributed by atoms with Crippen LogP contribution in [0.2, 0.25) is 0 Å². The van der Waals surface area contributed by atoms with Crippen LogP contribution in [0.1, 0.15) is 21.5 Å². The quantitative estimate of drug-likeness (QED) is 0.816. The average molecular weight is 343 g/mol. The van der Waals surface area contributed by atoms with E-state index in [1.54, 1.807) is 12.1 Å². The van der Waals surface area contributed by atoms with E-state index in [1.807, 2.05) is 26.0 Å². The van der Waals surface area contributed by atoms with Crippen LogP contribution < -0.4 is 14.8 Å². The van der Waals surface area contributed by atoms with Gasteiger partial charge in [-0.3, -0.25) is 4.79 Å². The molecular weight excluding hydrogens is 322 g/mol. The number of ether oxygens (including phenoxy) is 3. The minimum absolute atomic E-state index is 0.246. The topological polar surface area (TPSA) is 73.9 Å². The molecule has 2 aromatic rings. The van der Waals surface area contributed by atoms with Crippen molar-refractivity contribution in [3.8, 4) is 11.5 Å². The van der Waals surface area contributed by atoms with Gasteiger partial charge in [-0.05, 0) is 49.2 Å². The third-order valence-corrected chi connectivity index (χ3v) is 3.71. The Bertz CT molecular complexity index is 763. The summed E-state index contributed by atoms with van der Waals surface area (Å²) in [5.74, 6) is -0.115. The fourth-order valence-electron chi connectivity index (χ4n) is 2.16. The summed E-state index contributed by atoms with van der Waals surface area (Å²) in [5.41, 5.74) is 3.11. The fourth-order valence-corrected chi connectivity index (χ4v) is 2.16. The van der Waals surface area contributed by atoms with Crippen molar-refractivity contribution in [3.05, 3.63) is 53.1 Å². The van der Waals surface area contributed by atoms with Crippen molar-refractivity contribution in [1.82, 2.24) is 0 Å². The molecule has 0 aliphatic carbocycles. The summed E-state index contributed by atoms with van der Waals surface area (Å²) in [6.07, 6.45) is 0. The van der Waals surface area contributed by atoms with E-state index in [0.717, 1.165) is 11.1 Å². The van der Waals surface area contributed by atoms with Gasteiger partial charge in [-0.25, -0.2) is 4.79 Å². The van der Waals surface area contributed by atoms with Crippen molar-refractivity contribution in [2.45, 2.75) is 13.8 Å². The lowest BCUT2D eigenvalue weighted by molar-refractivity contribution is -0.119. The molecule has 2 aromatic carbocycles.